The molecule has 5 rings (SSSR count). The predicted molar refractivity (Wildman–Crippen MR) is 108 cm³/mol. The van der Waals surface area contributed by atoms with Gasteiger partial charge in [0, 0.05) is 31.3 Å². The molecule has 28 heavy (non-hydrogen) atoms. The number of aromatic nitrogens is 1. The molecule has 0 N–H and O–H groups in total. The Morgan fingerprint density at radius 2 is 1.68 bits per heavy atom. The summed E-state index contributed by atoms with van der Waals surface area (Å²) in [6.07, 6.45) is 1.74. The third kappa shape index (κ3) is 2.55. The van der Waals surface area contributed by atoms with E-state index in [2.05, 4.69) is 4.90 Å². The number of rotatable bonds is 2. The van der Waals surface area contributed by atoms with Crippen molar-refractivity contribution in [1.82, 2.24) is 8.87 Å². The van der Waals surface area contributed by atoms with Gasteiger partial charge in [-0.15, -0.1) is 0 Å². The molecule has 3 heterocycles. The van der Waals surface area contributed by atoms with Crippen LogP contribution in [0.1, 0.15) is 35.7 Å². The smallest absolute Gasteiger partial charge is 0.268 e. The quantitative estimate of drug-likeness (QED) is 0.668. The highest BCUT2D eigenvalue weighted by Gasteiger charge is 2.39. The minimum atomic E-state index is -3.77. The van der Waals surface area contributed by atoms with E-state index in [1.165, 1.54) is 3.97 Å². The Morgan fingerprint density at radius 3 is 2.46 bits per heavy atom. The first-order valence-electron chi connectivity index (χ1n) is 9.67. The van der Waals surface area contributed by atoms with Crippen LogP contribution in [-0.2, 0) is 21.2 Å². The lowest BCUT2D eigenvalue weighted by Crippen LogP contribution is -2.42. The summed E-state index contributed by atoms with van der Waals surface area (Å²) in [7, 11) is -3.77. The van der Waals surface area contributed by atoms with Crippen molar-refractivity contribution in [1.29, 1.82) is 0 Å². The van der Waals surface area contributed by atoms with Crippen molar-refractivity contribution in [3.63, 3.8) is 0 Å². The molecular weight excluding hydrogens is 372 g/mol. The molecule has 5 nitrogen and oxygen atoms in total. The molecular formula is C22H22N2O3S. The first-order chi connectivity index (χ1) is 13.5. The summed E-state index contributed by atoms with van der Waals surface area (Å²) in [4.78, 5) is 14.8. The Bertz CT molecular complexity index is 1190. The normalized spacial score (nSPS) is 20.2. The first-order valence-corrected chi connectivity index (χ1v) is 11.1. The minimum Gasteiger partial charge on any atom is -0.300 e. The Balaban J connectivity index is 1.81. The van der Waals surface area contributed by atoms with E-state index in [0.29, 0.717) is 24.9 Å². The number of para-hydroxylation sites is 1. The monoisotopic (exact) mass is 394 g/mol. The molecule has 1 fully saturated rings. The van der Waals surface area contributed by atoms with Gasteiger partial charge >= 0.3 is 0 Å². The van der Waals surface area contributed by atoms with Gasteiger partial charge in [0.15, 0.2) is 0 Å². The number of hydrogen-bond donors (Lipinski definition) is 0. The van der Waals surface area contributed by atoms with Gasteiger partial charge in [0.1, 0.15) is 5.78 Å². The Kier molecular flexibility index (Phi) is 3.96. The van der Waals surface area contributed by atoms with Gasteiger partial charge in [0.05, 0.1) is 22.1 Å². The molecule has 1 saturated heterocycles. The van der Waals surface area contributed by atoms with Crippen molar-refractivity contribution in [3.05, 3.63) is 65.4 Å². The molecule has 2 aliphatic heterocycles. The van der Waals surface area contributed by atoms with E-state index in [4.69, 9.17) is 0 Å². The third-order valence-electron chi connectivity index (χ3n) is 6.04. The topological polar surface area (TPSA) is 59.4 Å². The van der Waals surface area contributed by atoms with Crippen molar-refractivity contribution in [2.45, 2.75) is 37.1 Å². The largest absolute Gasteiger partial charge is 0.300 e. The molecule has 0 spiro atoms. The van der Waals surface area contributed by atoms with Crippen molar-refractivity contribution in [2.75, 3.05) is 13.1 Å². The summed E-state index contributed by atoms with van der Waals surface area (Å²) < 4.78 is 28.9. The number of fused-ring (bicyclic) bond motifs is 5. The van der Waals surface area contributed by atoms with E-state index in [-0.39, 0.29) is 16.7 Å². The number of hydrogen-bond acceptors (Lipinski definition) is 4. The van der Waals surface area contributed by atoms with Crippen LogP contribution in [-0.4, -0.2) is 36.2 Å². The fourth-order valence-electron chi connectivity index (χ4n) is 4.63. The van der Waals surface area contributed by atoms with Crippen LogP contribution in [0.3, 0.4) is 0 Å². The lowest BCUT2D eigenvalue weighted by Gasteiger charge is -2.39. The lowest BCUT2D eigenvalue weighted by atomic mass is 9.90. The summed E-state index contributed by atoms with van der Waals surface area (Å²) in [5, 5.41) is 0.978. The maximum absolute atomic E-state index is 13.7. The maximum atomic E-state index is 13.7. The zero-order valence-corrected chi connectivity index (χ0v) is 16.6. The number of Topliss-reactive ketones (excluding diaryl/α,β-unsaturated/α-hetero) is 1. The second-order valence-electron chi connectivity index (χ2n) is 7.76. The molecule has 0 saturated carbocycles. The zero-order valence-electron chi connectivity index (χ0n) is 15.8. The molecule has 2 aliphatic rings. The fourth-order valence-corrected chi connectivity index (χ4v) is 6.23. The van der Waals surface area contributed by atoms with Crippen LogP contribution >= 0.6 is 0 Å². The molecule has 0 bridgehead atoms. The Hall–Kier alpha value is -2.44. The summed E-state index contributed by atoms with van der Waals surface area (Å²) in [6.45, 7) is 3.51. The van der Waals surface area contributed by atoms with Crippen LogP contribution in [0.2, 0.25) is 0 Å². The average Bonchev–Trinajstić information content (AvgIpc) is 3.04. The van der Waals surface area contributed by atoms with Gasteiger partial charge in [-0.25, -0.2) is 12.4 Å². The SMILES string of the molecule is Cc1ccc(S(=O)(=O)n2c3c(c4ccccc42)CCN2CCC(=O)CC32)cc1. The van der Waals surface area contributed by atoms with Crippen molar-refractivity contribution in [2.24, 2.45) is 0 Å². The van der Waals surface area contributed by atoms with Crippen LogP contribution in [0.5, 0.6) is 0 Å². The number of piperidine rings is 1. The Labute approximate surface area is 164 Å². The summed E-state index contributed by atoms with van der Waals surface area (Å²) in [6, 6.07) is 14.5. The van der Waals surface area contributed by atoms with Gasteiger partial charge in [0.25, 0.3) is 10.0 Å². The predicted octanol–water partition coefficient (Wildman–Crippen LogP) is 3.45. The molecule has 2 aromatic carbocycles. The van der Waals surface area contributed by atoms with E-state index >= 15 is 0 Å². The van der Waals surface area contributed by atoms with E-state index in [1.54, 1.807) is 12.1 Å². The van der Waals surface area contributed by atoms with Gasteiger partial charge in [-0.2, -0.15) is 0 Å². The van der Waals surface area contributed by atoms with Crippen LogP contribution in [0.4, 0.5) is 0 Å². The number of ketones is 1. The highest BCUT2D eigenvalue weighted by molar-refractivity contribution is 7.90. The van der Waals surface area contributed by atoms with E-state index in [9.17, 15) is 13.2 Å². The Morgan fingerprint density at radius 1 is 0.964 bits per heavy atom. The van der Waals surface area contributed by atoms with Crippen LogP contribution in [0.25, 0.3) is 10.9 Å². The molecule has 1 aromatic heterocycles. The standard InChI is InChI=1S/C22H22N2O3S/c1-15-6-8-17(9-7-15)28(26,27)24-20-5-3-2-4-18(20)19-11-13-23-12-10-16(25)14-21(23)22(19)24/h2-9,21H,10-14H2,1H3. The van der Waals surface area contributed by atoms with E-state index < -0.39 is 10.0 Å². The van der Waals surface area contributed by atoms with Crippen molar-refractivity contribution >= 4 is 26.7 Å². The second-order valence-corrected chi connectivity index (χ2v) is 9.54. The molecule has 1 unspecified atom stereocenters. The number of benzene rings is 2. The lowest BCUT2D eigenvalue weighted by molar-refractivity contribution is -0.123. The molecule has 6 heteroatoms. The number of nitrogens with zero attached hydrogens (tertiary/aromatic N) is 2. The third-order valence-corrected chi connectivity index (χ3v) is 7.78. The highest BCUT2D eigenvalue weighted by Crippen LogP contribution is 2.42. The molecule has 0 amide bonds. The number of carbonyl (C=O) groups is 1. The minimum absolute atomic E-state index is 0.169. The molecule has 3 aromatic rings. The summed E-state index contributed by atoms with van der Waals surface area (Å²) >= 11 is 0. The van der Waals surface area contributed by atoms with E-state index in [0.717, 1.165) is 35.2 Å². The highest BCUT2D eigenvalue weighted by atomic mass is 32.2. The van der Waals surface area contributed by atoms with Gasteiger partial charge in [0.2, 0.25) is 0 Å². The van der Waals surface area contributed by atoms with Crippen LogP contribution < -0.4 is 0 Å². The average molecular weight is 394 g/mol. The van der Waals surface area contributed by atoms with Gasteiger partial charge in [-0.05, 0) is 37.1 Å². The molecule has 144 valence electrons. The van der Waals surface area contributed by atoms with Gasteiger partial charge < -0.3 is 0 Å². The molecule has 0 radical (unpaired) electrons. The zero-order chi connectivity index (χ0) is 19.5. The van der Waals surface area contributed by atoms with E-state index in [1.807, 2.05) is 43.3 Å². The molecule has 0 aliphatic carbocycles. The van der Waals surface area contributed by atoms with Gasteiger partial charge in [-0.3, -0.25) is 9.69 Å². The van der Waals surface area contributed by atoms with Crippen molar-refractivity contribution in [3.8, 4) is 0 Å². The fraction of sp³-hybridized carbons (Fsp3) is 0.318. The summed E-state index contributed by atoms with van der Waals surface area (Å²) in [5.74, 6) is 0.207. The second kappa shape index (κ2) is 6.29. The first kappa shape index (κ1) is 17.6. The summed E-state index contributed by atoms with van der Waals surface area (Å²) in [5.41, 5.74) is 3.57. The van der Waals surface area contributed by atoms with Crippen molar-refractivity contribution < 1.29 is 13.2 Å². The number of aryl methyl sites for hydroxylation is 1. The molecule has 1 atom stereocenters. The van der Waals surface area contributed by atoms with Gasteiger partial charge in [-0.1, -0.05) is 35.9 Å². The van der Waals surface area contributed by atoms with Crippen LogP contribution in [0.15, 0.2) is 53.4 Å². The van der Waals surface area contributed by atoms with Crippen LogP contribution in [0, 0.1) is 6.92 Å². The maximum Gasteiger partial charge on any atom is 0.268 e. The number of carbonyl (C=O) groups excluding carboxylic acids is 1.